The van der Waals surface area contributed by atoms with Crippen LogP contribution in [0.4, 0.5) is 4.39 Å². The van der Waals surface area contributed by atoms with Crippen LogP contribution in [-0.2, 0) is 6.61 Å². The van der Waals surface area contributed by atoms with Crippen molar-refractivity contribution in [1.29, 1.82) is 0 Å². The molecule has 0 saturated carbocycles. The second-order valence-corrected chi connectivity index (χ2v) is 4.75. The van der Waals surface area contributed by atoms with Gasteiger partial charge in [-0.2, -0.15) is 4.39 Å². The molecular formula is C12H7Cl3FNO. The fourth-order valence-electron chi connectivity index (χ4n) is 1.53. The van der Waals surface area contributed by atoms with Gasteiger partial charge in [-0.1, -0.05) is 34.8 Å². The van der Waals surface area contributed by atoms with E-state index in [0.717, 1.165) is 0 Å². The number of aromatic nitrogens is 1. The number of pyridine rings is 1. The summed E-state index contributed by atoms with van der Waals surface area (Å²) in [5.74, 6) is -0.724. The van der Waals surface area contributed by atoms with Gasteiger partial charge in [0.1, 0.15) is 0 Å². The Morgan fingerprint density at radius 2 is 1.83 bits per heavy atom. The monoisotopic (exact) mass is 305 g/mol. The van der Waals surface area contributed by atoms with Crippen LogP contribution in [0.1, 0.15) is 5.56 Å². The maximum absolute atomic E-state index is 13.7. The highest BCUT2D eigenvalue weighted by atomic mass is 35.5. The third kappa shape index (κ3) is 2.45. The van der Waals surface area contributed by atoms with Crippen LogP contribution in [-0.4, -0.2) is 10.1 Å². The van der Waals surface area contributed by atoms with E-state index >= 15 is 0 Å². The van der Waals surface area contributed by atoms with Gasteiger partial charge in [0.15, 0.2) is 0 Å². The SMILES string of the molecule is OCc1cnc(F)c(-c2c(Cl)ccc(Cl)c2Cl)c1. The molecule has 0 unspecified atom stereocenters. The first-order chi connectivity index (χ1) is 8.54. The summed E-state index contributed by atoms with van der Waals surface area (Å²) in [5.41, 5.74) is 0.837. The Hall–Kier alpha value is -0.870. The van der Waals surface area contributed by atoms with Crippen LogP contribution in [0.15, 0.2) is 24.4 Å². The molecule has 0 amide bonds. The molecule has 0 saturated heterocycles. The summed E-state index contributed by atoms with van der Waals surface area (Å²) in [6.45, 7) is -0.254. The van der Waals surface area contributed by atoms with Gasteiger partial charge in [-0.05, 0) is 23.8 Å². The van der Waals surface area contributed by atoms with Crippen LogP contribution >= 0.6 is 34.8 Å². The van der Waals surface area contributed by atoms with Gasteiger partial charge in [0.2, 0.25) is 5.95 Å². The predicted octanol–water partition coefficient (Wildman–Crippen LogP) is 4.34. The average Bonchev–Trinajstić information content (AvgIpc) is 2.36. The number of aliphatic hydroxyl groups is 1. The van der Waals surface area contributed by atoms with E-state index in [2.05, 4.69) is 4.98 Å². The van der Waals surface area contributed by atoms with Crippen molar-refractivity contribution in [2.45, 2.75) is 6.61 Å². The lowest BCUT2D eigenvalue weighted by atomic mass is 10.1. The summed E-state index contributed by atoms with van der Waals surface area (Å²) >= 11 is 17.9. The summed E-state index contributed by atoms with van der Waals surface area (Å²) in [6, 6.07) is 4.48. The molecule has 1 aromatic heterocycles. The number of benzene rings is 1. The molecule has 0 aliphatic heterocycles. The van der Waals surface area contributed by atoms with Gasteiger partial charge in [0.25, 0.3) is 0 Å². The van der Waals surface area contributed by atoms with E-state index in [1.54, 1.807) is 0 Å². The molecule has 0 radical (unpaired) electrons. The minimum absolute atomic E-state index is 0.110. The zero-order valence-electron chi connectivity index (χ0n) is 8.92. The molecule has 1 heterocycles. The highest BCUT2D eigenvalue weighted by molar-refractivity contribution is 6.46. The number of aliphatic hydroxyl groups excluding tert-OH is 1. The second kappa shape index (κ2) is 5.41. The standard InChI is InChI=1S/C12H7Cl3FNO/c13-8-1-2-9(14)11(15)10(8)7-3-6(5-18)4-17-12(7)16/h1-4,18H,5H2. The van der Waals surface area contributed by atoms with Crippen LogP contribution in [0.3, 0.4) is 0 Å². The highest BCUT2D eigenvalue weighted by Gasteiger charge is 2.16. The molecule has 0 aliphatic carbocycles. The lowest BCUT2D eigenvalue weighted by Gasteiger charge is -2.10. The van der Waals surface area contributed by atoms with Crippen LogP contribution in [0.2, 0.25) is 15.1 Å². The number of rotatable bonds is 2. The molecule has 1 N–H and O–H groups in total. The summed E-state index contributed by atoms with van der Waals surface area (Å²) < 4.78 is 13.7. The van der Waals surface area contributed by atoms with Crippen molar-refractivity contribution >= 4 is 34.8 Å². The van der Waals surface area contributed by atoms with Gasteiger partial charge >= 0.3 is 0 Å². The fraction of sp³-hybridized carbons (Fsp3) is 0.0833. The first-order valence-electron chi connectivity index (χ1n) is 4.93. The molecule has 2 rings (SSSR count). The summed E-state index contributed by atoms with van der Waals surface area (Å²) in [6.07, 6.45) is 1.24. The van der Waals surface area contributed by atoms with Crippen LogP contribution < -0.4 is 0 Å². The molecule has 0 spiro atoms. The molecule has 94 valence electrons. The zero-order chi connectivity index (χ0) is 13.3. The lowest BCUT2D eigenvalue weighted by Crippen LogP contribution is -1.95. The molecular weight excluding hydrogens is 299 g/mol. The summed E-state index contributed by atoms with van der Waals surface area (Å²) in [7, 11) is 0. The van der Waals surface area contributed by atoms with Crippen molar-refractivity contribution in [3.8, 4) is 11.1 Å². The molecule has 2 nitrogen and oxygen atoms in total. The van der Waals surface area contributed by atoms with E-state index in [1.807, 2.05) is 0 Å². The molecule has 6 heteroatoms. The lowest BCUT2D eigenvalue weighted by molar-refractivity contribution is 0.281. The Kier molecular flexibility index (Phi) is 4.07. The topological polar surface area (TPSA) is 33.1 Å². The van der Waals surface area contributed by atoms with Gasteiger partial charge < -0.3 is 5.11 Å². The number of halogens is 4. The van der Waals surface area contributed by atoms with Gasteiger partial charge in [-0.25, -0.2) is 4.98 Å². The van der Waals surface area contributed by atoms with Crippen LogP contribution in [0.25, 0.3) is 11.1 Å². The Morgan fingerprint density at radius 3 is 2.50 bits per heavy atom. The molecule has 2 aromatic rings. The molecule has 18 heavy (non-hydrogen) atoms. The summed E-state index contributed by atoms with van der Waals surface area (Å²) in [4.78, 5) is 3.55. The summed E-state index contributed by atoms with van der Waals surface area (Å²) in [5, 5.41) is 9.72. The van der Waals surface area contributed by atoms with Gasteiger partial charge in [0, 0.05) is 17.3 Å². The first-order valence-corrected chi connectivity index (χ1v) is 6.07. The Labute approximate surface area is 118 Å². The third-order valence-electron chi connectivity index (χ3n) is 2.39. The number of hydrogen-bond donors (Lipinski definition) is 1. The number of nitrogens with zero attached hydrogens (tertiary/aromatic N) is 1. The minimum Gasteiger partial charge on any atom is -0.392 e. The minimum atomic E-state index is -0.724. The quantitative estimate of drug-likeness (QED) is 0.661. The van der Waals surface area contributed by atoms with E-state index in [4.69, 9.17) is 39.9 Å². The molecule has 0 fully saturated rings. The van der Waals surface area contributed by atoms with E-state index in [-0.39, 0.29) is 32.8 Å². The molecule has 1 aromatic carbocycles. The Balaban J connectivity index is 2.72. The zero-order valence-corrected chi connectivity index (χ0v) is 11.2. The predicted molar refractivity (Wildman–Crippen MR) is 70.6 cm³/mol. The fourth-order valence-corrected chi connectivity index (χ4v) is 2.26. The maximum Gasteiger partial charge on any atom is 0.220 e. The number of hydrogen-bond acceptors (Lipinski definition) is 2. The first kappa shape index (κ1) is 13.6. The van der Waals surface area contributed by atoms with Gasteiger partial charge in [-0.3, -0.25) is 0 Å². The van der Waals surface area contributed by atoms with Crippen LogP contribution in [0.5, 0.6) is 0 Å². The average molecular weight is 307 g/mol. The largest absolute Gasteiger partial charge is 0.392 e. The second-order valence-electron chi connectivity index (χ2n) is 3.56. The van der Waals surface area contributed by atoms with Crippen molar-refractivity contribution in [2.75, 3.05) is 0 Å². The highest BCUT2D eigenvalue weighted by Crippen LogP contribution is 2.39. The van der Waals surface area contributed by atoms with Crippen molar-refractivity contribution in [1.82, 2.24) is 4.98 Å². The van der Waals surface area contributed by atoms with Crippen molar-refractivity contribution < 1.29 is 9.50 Å². The van der Waals surface area contributed by atoms with Crippen molar-refractivity contribution in [3.05, 3.63) is 51.0 Å². The molecule has 0 bridgehead atoms. The maximum atomic E-state index is 13.7. The smallest absolute Gasteiger partial charge is 0.220 e. The third-order valence-corrected chi connectivity index (χ3v) is 3.51. The van der Waals surface area contributed by atoms with E-state index in [0.29, 0.717) is 5.56 Å². The van der Waals surface area contributed by atoms with Gasteiger partial charge in [0.05, 0.1) is 21.7 Å². The Bertz CT molecular complexity index is 604. The van der Waals surface area contributed by atoms with Gasteiger partial charge in [-0.15, -0.1) is 0 Å². The molecule has 0 aliphatic rings. The van der Waals surface area contributed by atoms with E-state index in [9.17, 15) is 4.39 Å². The van der Waals surface area contributed by atoms with E-state index in [1.165, 1.54) is 24.4 Å². The normalized spacial score (nSPS) is 10.7. The molecule has 0 atom stereocenters. The van der Waals surface area contributed by atoms with E-state index < -0.39 is 5.95 Å². The van der Waals surface area contributed by atoms with Crippen molar-refractivity contribution in [3.63, 3.8) is 0 Å². The van der Waals surface area contributed by atoms with Crippen LogP contribution in [0, 0.1) is 5.95 Å². The Morgan fingerprint density at radius 1 is 1.17 bits per heavy atom. The van der Waals surface area contributed by atoms with Crippen molar-refractivity contribution in [2.24, 2.45) is 0 Å².